The van der Waals surface area contributed by atoms with E-state index in [1.807, 2.05) is 18.2 Å². The Kier molecular flexibility index (Phi) is 5.46. The molecule has 0 saturated heterocycles. The van der Waals surface area contributed by atoms with Crippen molar-refractivity contribution in [2.45, 2.75) is 28.4 Å². The summed E-state index contributed by atoms with van der Waals surface area (Å²) < 4.78 is 20.2. The number of rotatable bonds is 3. The molecule has 3 aromatic rings. The minimum absolute atomic E-state index is 0.282. The molecule has 144 valence electrons. The normalized spacial score (nSPS) is 20.0. The molecule has 2 aromatic carbocycles. The summed E-state index contributed by atoms with van der Waals surface area (Å²) in [5, 5.41) is 11.1. The van der Waals surface area contributed by atoms with Gasteiger partial charge in [-0.25, -0.2) is 0 Å². The molecule has 5 nitrogen and oxygen atoms in total. The van der Waals surface area contributed by atoms with Gasteiger partial charge in [0.1, 0.15) is 5.75 Å². The number of aliphatic hydroxyl groups excluding tert-OH is 1. The second-order valence-corrected chi connectivity index (χ2v) is 8.44. The fourth-order valence-electron chi connectivity index (χ4n) is 3.37. The molecule has 4 rings (SSSR count). The Morgan fingerprint density at radius 1 is 1.11 bits per heavy atom. The van der Waals surface area contributed by atoms with E-state index in [1.165, 1.54) is 22.9 Å². The van der Waals surface area contributed by atoms with E-state index in [4.69, 9.17) is 16.3 Å². The van der Waals surface area contributed by atoms with Crippen LogP contribution < -0.4 is 10.3 Å². The molecule has 1 aliphatic rings. The van der Waals surface area contributed by atoms with Crippen LogP contribution in [0.2, 0.25) is 5.02 Å². The van der Waals surface area contributed by atoms with E-state index < -0.39 is 23.3 Å². The zero-order valence-corrected chi connectivity index (χ0v) is 16.4. The van der Waals surface area contributed by atoms with E-state index in [1.54, 1.807) is 30.3 Å². The highest BCUT2D eigenvalue weighted by molar-refractivity contribution is 7.91. The Morgan fingerprint density at radius 3 is 2.68 bits per heavy atom. The van der Waals surface area contributed by atoms with Crippen LogP contribution in [-0.4, -0.2) is 26.9 Å². The predicted octanol–water partition coefficient (Wildman–Crippen LogP) is 3.40. The minimum Gasteiger partial charge on any atom is -0.606 e. The number of hydrogen-bond donors (Lipinski definition) is 1. The molecule has 1 aliphatic heterocycles. The second-order valence-electron chi connectivity index (χ2n) is 6.52. The van der Waals surface area contributed by atoms with Crippen molar-refractivity contribution >= 4 is 22.8 Å². The Morgan fingerprint density at radius 2 is 1.89 bits per heavy atom. The summed E-state index contributed by atoms with van der Waals surface area (Å²) in [6, 6.07) is 16.6. The lowest BCUT2D eigenvalue weighted by Crippen LogP contribution is -2.32. The Labute approximate surface area is 170 Å². The number of hydrogen-bond acceptors (Lipinski definition) is 4. The lowest BCUT2D eigenvalue weighted by Gasteiger charge is -2.24. The molecule has 3 atom stereocenters. The van der Waals surface area contributed by atoms with Gasteiger partial charge < -0.3 is 19.0 Å². The van der Waals surface area contributed by atoms with Crippen molar-refractivity contribution in [3.63, 3.8) is 0 Å². The molecule has 0 amide bonds. The van der Waals surface area contributed by atoms with E-state index in [-0.39, 0.29) is 5.56 Å². The number of nitrogens with zero attached hydrogens (tertiary/aromatic N) is 1. The van der Waals surface area contributed by atoms with Gasteiger partial charge in [0.05, 0.1) is 23.8 Å². The molecule has 2 heterocycles. The molecule has 1 aromatic heterocycles. The van der Waals surface area contributed by atoms with Gasteiger partial charge in [-0.2, -0.15) is 0 Å². The van der Waals surface area contributed by atoms with Crippen LogP contribution in [0.3, 0.4) is 0 Å². The zero-order valence-electron chi connectivity index (χ0n) is 14.8. The molecule has 7 heteroatoms. The highest BCUT2D eigenvalue weighted by Gasteiger charge is 2.31. The van der Waals surface area contributed by atoms with E-state index in [9.17, 15) is 14.5 Å². The first-order valence-corrected chi connectivity index (χ1v) is 10.4. The highest BCUT2D eigenvalue weighted by Crippen LogP contribution is 2.36. The van der Waals surface area contributed by atoms with Gasteiger partial charge in [0.25, 0.3) is 5.56 Å². The van der Waals surface area contributed by atoms with E-state index in [0.29, 0.717) is 39.2 Å². The van der Waals surface area contributed by atoms with Crippen molar-refractivity contribution in [1.29, 1.82) is 0 Å². The number of benzene rings is 2. The van der Waals surface area contributed by atoms with Crippen molar-refractivity contribution in [3.8, 4) is 5.75 Å². The van der Waals surface area contributed by atoms with Crippen molar-refractivity contribution in [2.75, 3.05) is 6.61 Å². The van der Waals surface area contributed by atoms with Gasteiger partial charge in [-0.3, -0.25) is 4.79 Å². The topological polar surface area (TPSA) is 74.5 Å². The van der Waals surface area contributed by atoms with Crippen LogP contribution in [0.4, 0.5) is 0 Å². The first-order valence-electron chi connectivity index (χ1n) is 8.84. The summed E-state index contributed by atoms with van der Waals surface area (Å²) in [6.07, 6.45) is 1.01. The van der Waals surface area contributed by atoms with Gasteiger partial charge in [-0.1, -0.05) is 29.8 Å². The number of halogens is 1. The van der Waals surface area contributed by atoms with Gasteiger partial charge in [0.15, 0.2) is 9.79 Å². The molecule has 0 aliphatic carbocycles. The largest absolute Gasteiger partial charge is 0.606 e. The van der Waals surface area contributed by atoms with Crippen LogP contribution in [0.1, 0.15) is 18.0 Å². The Hall–Kier alpha value is -2.25. The lowest BCUT2D eigenvalue weighted by atomic mass is 9.99. The maximum absolute atomic E-state index is 13.0. The van der Waals surface area contributed by atoms with E-state index in [2.05, 4.69) is 0 Å². The summed E-state index contributed by atoms with van der Waals surface area (Å²) >= 11 is 4.70. The molecular weight excluding hydrogens is 398 g/mol. The molecule has 28 heavy (non-hydrogen) atoms. The summed E-state index contributed by atoms with van der Waals surface area (Å²) in [5.41, 5.74) is 0.326. The predicted molar refractivity (Wildman–Crippen MR) is 108 cm³/mol. The summed E-state index contributed by atoms with van der Waals surface area (Å²) in [5.74, 6) is 0.558. The summed E-state index contributed by atoms with van der Waals surface area (Å²) in [4.78, 5) is 13.7. The quantitative estimate of drug-likeness (QED) is 0.665. The maximum Gasteiger partial charge on any atom is 0.251 e. The third-order valence-electron chi connectivity index (χ3n) is 4.71. The maximum atomic E-state index is 13.0. The van der Waals surface area contributed by atoms with Gasteiger partial charge in [-0.05, 0) is 30.3 Å². The van der Waals surface area contributed by atoms with Crippen LogP contribution >= 0.6 is 11.6 Å². The minimum atomic E-state index is -1.39. The number of fused-ring (bicyclic) bond motifs is 1. The SMILES string of the molecule is O=c1ccc(Cl)cn1[C@@H]1c2cc([S+]([O-])c3ccccc3)ccc2OCC[C@H]1O. The molecule has 0 bridgehead atoms. The molecular formula is C21H18ClNO4S. The van der Waals surface area contributed by atoms with Crippen molar-refractivity contribution in [2.24, 2.45) is 0 Å². The van der Waals surface area contributed by atoms with Gasteiger partial charge >= 0.3 is 0 Å². The molecule has 0 spiro atoms. The van der Waals surface area contributed by atoms with Gasteiger partial charge in [0.2, 0.25) is 0 Å². The lowest BCUT2D eigenvalue weighted by molar-refractivity contribution is 0.112. The first kappa shape index (κ1) is 19.1. The zero-order chi connectivity index (χ0) is 19.7. The number of ether oxygens (including phenoxy) is 1. The third kappa shape index (κ3) is 3.69. The Balaban J connectivity index is 1.84. The summed E-state index contributed by atoms with van der Waals surface area (Å²) in [7, 11) is 0. The number of aliphatic hydroxyl groups is 1. The van der Waals surface area contributed by atoms with Gasteiger partial charge in [-0.15, -0.1) is 0 Å². The first-order chi connectivity index (χ1) is 13.5. The fourth-order valence-corrected chi connectivity index (χ4v) is 4.64. The van der Waals surface area contributed by atoms with Crippen molar-refractivity contribution in [1.82, 2.24) is 4.57 Å². The smallest absolute Gasteiger partial charge is 0.251 e. The van der Waals surface area contributed by atoms with Gasteiger partial charge in [0, 0.05) is 41.5 Å². The Bertz CT molecular complexity index is 1040. The molecule has 0 fully saturated rings. The monoisotopic (exact) mass is 415 g/mol. The van der Waals surface area contributed by atoms with Crippen LogP contribution in [0.5, 0.6) is 5.75 Å². The van der Waals surface area contributed by atoms with E-state index in [0.717, 1.165) is 0 Å². The van der Waals surface area contributed by atoms with E-state index >= 15 is 0 Å². The van der Waals surface area contributed by atoms with Crippen molar-refractivity contribution in [3.05, 3.63) is 87.8 Å². The average Bonchev–Trinajstić information content (AvgIpc) is 2.87. The summed E-state index contributed by atoms with van der Waals surface area (Å²) in [6.45, 7) is 0.321. The van der Waals surface area contributed by atoms with Crippen LogP contribution in [0.15, 0.2) is 81.4 Å². The van der Waals surface area contributed by atoms with Crippen LogP contribution in [-0.2, 0) is 11.2 Å². The standard InChI is InChI=1S/C21H18ClNO4S/c22-14-6-9-20(25)23(13-14)21-17-12-16(28(26)15-4-2-1-3-5-15)7-8-19(17)27-11-10-18(21)24/h1-9,12-13,18,21,24H,10-11H2/t18-,21-,28?/m1/s1. The molecule has 1 unspecified atom stereocenters. The van der Waals surface area contributed by atoms with Crippen molar-refractivity contribution < 1.29 is 14.4 Å². The second kappa shape index (κ2) is 8.01. The van der Waals surface area contributed by atoms with Crippen LogP contribution in [0.25, 0.3) is 0 Å². The fraction of sp³-hybridized carbons (Fsp3) is 0.190. The highest BCUT2D eigenvalue weighted by atomic mass is 35.5. The molecule has 0 radical (unpaired) electrons. The third-order valence-corrected chi connectivity index (χ3v) is 6.31. The number of pyridine rings is 1. The molecule has 0 saturated carbocycles. The average molecular weight is 416 g/mol. The molecule has 1 N–H and O–H groups in total. The van der Waals surface area contributed by atoms with Crippen LogP contribution in [0, 0.1) is 0 Å². The number of aromatic nitrogens is 1.